The van der Waals surface area contributed by atoms with Crippen molar-refractivity contribution in [1.29, 1.82) is 0 Å². The second-order valence-electron chi connectivity index (χ2n) is 14.6. The quantitative estimate of drug-likeness (QED) is 0.0984. The molecule has 0 radical (unpaired) electrons. The molecule has 0 fully saturated rings. The fourth-order valence-corrected chi connectivity index (χ4v) is 10.2. The summed E-state index contributed by atoms with van der Waals surface area (Å²) >= 11 is 0. The number of carbonyl (C=O) groups excluding carboxylic acids is 1. The van der Waals surface area contributed by atoms with Gasteiger partial charge in [-0.15, -0.1) is 0 Å². The van der Waals surface area contributed by atoms with Crippen LogP contribution in [0.15, 0.2) is 121 Å². The molecule has 2 heterocycles. The molecule has 6 aromatic rings. The molecule has 7 heteroatoms. The van der Waals surface area contributed by atoms with Crippen molar-refractivity contribution >= 4 is 32.6 Å². The van der Waals surface area contributed by atoms with Crippen molar-refractivity contribution < 1.29 is 4.79 Å². The normalized spacial score (nSPS) is 12.0. The molecular formula is C41H46N4OSi2. The van der Waals surface area contributed by atoms with E-state index in [9.17, 15) is 0 Å². The van der Waals surface area contributed by atoms with Crippen LogP contribution in [0.3, 0.4) is 0 Å². The summed E-state index contributed by atoms with van der Waals surface area (Å²) in [5.74, 6) is 0.0698. The molecule has 48 heavy (non-hydrogen) atoms. The summed E-state index contributed by atoms with van der Waals surface area (Å²) in [7, 11) is -4.27. The number of benzene rings is 4. The van der Waals surface area contributed by atoms with Crippen LogP contribution in [0.2, 0.25) is 39.3 Å². The van der Waals surface area contributed by atoms with E-state index in [1.165, 1.54) is 11.1 Å². The van der Waals surface area contributed by atoms with Crippen LogP contribution in [0.1, 0.15) is 38.4 Å². The Bertz CT molecular complexity index is 1840. The van der Waals surface area contributed by atoms with E-state index in [1.54, 1.807) is 0 Å². The van der Waals surface area contributed by atoms with Gasteiger partial charge in [-0.25, -0.2) is 9.36 Å². The summed E-state index contributed by atoms with van der Waals surface area (Å²) in [5, 5.41) is 12.8. The maximum atomic E-state index is 15.7. The number of carbonyl (C=O) groups is 1. The lowest BCUT2D eigenvalue weighted by atomic mass is 9.98. The molecule has 2 aromatic heterocycles. The highest BCUT2D eigenvalue weighted by Crippen LogP contribution is 2.25. The number of hydrogen-bond donors (Lipinski definition) is 0. The van der Waals surface area contributed by atoms with Crippen LogP contribution in [-0.4, -0.2) is 41.5 Å². The molecule has 0 spiro atoms. The SMILES string of the molecule is C[Si](C)(C)c1c(C(=O)c2c(CCc3ccccc3)nn(-c3ccccc3)c2[Si](C)(C)C)c(CCc2ccccc2)nn1-c1ccccc1. The lowest BCUT2D eigenvalue weighted by Crippen LogP contribution is -2.48. The zero-order valence-corrected chi connectivity index (χ0v) is 31.1. The van der Waals surface area contributed by atoms with E-state index in [4.69, 9.17) is 10.2 Å². The Morgan fingerprint density at radius 1 is 0.479 bits per heavy atom. The third kappa shape index (κ3) is 7.12. The van der Waals surface area contributed by atoms with Crippen molar-refractivity contribution in [2.75, 3.05) is 0 Å². The van der Waals surface area contributed by atoms with Gasteiger partial charge in [0.25, 0.3) is 0 Å². The van der Waals surface area contributed by atoms with E-state index in [0.717, 1.165) is 57.4 Å². The van der Waals surface area contributed by atoms with Gasteiger partial charge in [-0.2, -0.15) is 10.2 Å². The number of aromatic nitrogens is 4. The number of aryl methyl sites for hydroxylation is 4. The molecule has 4 aromatic carbocycles. The summed E-state index contributed by atoms with van der Waals surface area (Å²) in [6.45, 7) is 13.9. The highest BCUT2D eigenvalue weighted by atomic mass is 28.3. The van der Waals surface area contributed by atoms with Crippen molar-refractivity contribution in [1.82, 2.24) is 19.6 Å². The Morgan fingerprint density at radius 3 is 1.10 bits per heavy atom. The molecule has 6 rings (SSSR count). The zero-order valence-electron chi connectivity index (χ0n) is 29.1. The standard InChI is InChI=1S/C41H46N4OSi2/c1-47(2,3)40-37(35(29-27-31-19-11-7-12-20-31)42-44(40)33-23-15-9-16-24-33)39(46)38-36(30-28-32-21-13-8-14-22-32)43-45(41(38)48(4,5)6)34-25-17-10-18-26-34/h7-26H,27-30H2,1-6H3. The van der Waals surface area contributed by atoms with Crippen LogP contribution < -0.4 is 10.6 Å². The molecule has 0 unspecified atom stereocenters. The second kappa shape index (κ2) is 13.9. The smallest absolute Gasteiger partial charge is 0.199 e. The van der Waals surface area contributed by atoms with Gasteiger partial charge in [0.2, 0.25) is 0 Å². The molecule has 244 valence electrons. The molecule has 0 aliphatic rings. The Balaban J connectivity index is 1.59. The van der Waals surface area contributed by atoms with Gasteiger partial charge in [0.1, 0.15) is 16.1 Å². The fourth-order valence-electron chi connectivity index (χ4n) is 6.59. The van der Waals surface area contributed by atoms with Gasteiger partial charge in [0.05, 0.1) is 33.9 Å². The van der Waals surface area contributed by atoms with Crippen LogP contribution >= 0.6 is 0 Å². The van der Waals surface area contributed by atoms with Crippen LogP contribution in [0.5, 0.6) is 0 Å². The van der Waals surface area contributed by atoms with E-state index in [-0.39, 0.29) is 5.78 Å². The molecule has 0 atom stereocenters. The molecule has 0 saturated carbocycles. The summed E-state index contributed by atoms with van der Waals surface area (Å²) in [6.07, 6.45) is 2.97. The molecule has 0 saturated heterocycles. The maximum Gasteiger partial charge on any atom is 0.199 e. The van der Waals surface area contributed by atoms with E-state index in [1.807, 2.05) is 48.5 Å². The molecule has 0 aliphatic carbocycles. The highest BCUT2D eigenvalue weighted by molar-refractivity contribution is 6.90. The van der Waals surface area contributed by atoms with Crippen LogP contribution in [0, 0.1) is 0 Å². The predicted octanol–water partition coefficient (Wildman–Crippen LogP) is 7.95. The van der Waals surface area contributed by atoms with Gasteiger partial charge in [-0.1, -0.05) is 136 Å². The van der Waals surface area contributed by atoms with Gasteiger partial charge in [-0.05, 0) is 61.1 Å². The Labute approximate surface area is 287 Å². The average molecular weight is 667 g/mol. The first-order chi connectivity index (χ1) is 23.0. The summed E-state index contributed by atoms with van der Waals surface area (Å²) in [5.41, 5.74) is 7.76. The van der Waals surface area contributed by atoms with Crippen molar-refractivity contribution in [3.63, 3.8) is 0 Å². The predicted molar refractivity (Wildman–Crippen MR) is 204 cm³/mol. The Hall–Kier alpha value is -4.60. The van der Waals surface area contributed by atoms with Gasteiger partial charge in [-0.3, -0.25) is 4.79 Å². The van der Waals surface area contributed by atoms with Gasteiger partial charge in [0.15, 0.2) is 5.78 Å². The van der Waals surface area contributed by atoms with Crippen LogP contribution in [-0.2, 0) is 25.7 Å². The summed E-state index contributed by atoms with van der Waals surface area (Å²) < 4.78 is 4.17. The number of hydrogen-bond acceptors (Lipinski definition) is 3. The minimum absolute atomic E-state index is 0.0698. The molecule has 0 amide bonds. The Morgan fingerprint density at radius 2 is 0.792 bits per heavy atom. The largest absolute Gasteiger partial charge is 0.288 e. The van der Waals surface area contributed by atoms with Crippen molar-refractivity contribution in [3.05, 3.63) is 155 Å². The van der Waals surface area contributed by atoms with Gasteiger partial charge in [0, 0.05) is 10.6 Å². The third-order valence-electron chi connectivity index (χ3n) is 8.78. The van der Waals surface area contributed by atoms with Crippen LogP contribution in [0.4, 0.5) is 0 Å². The topological polar surface area (TPSA) is 52.7 Å². The van der Waals surface area contributed by atoms with Gasteiger partial charge < -0.3 is 0 Å². The van der Waals surface area contributed by atoms with Crippen molar-refractivity contribution in [2.45, 2.75) is 65.0 Å². The number of para-hydroxylation sites is 2. The molecule has 0 aliphatic heterocycles. The van der Waals surface area contributed by atoms with E-state index >= 15 is 4.79 Å². The monoisotopic (exact) mass is 666 g/mol. The molecule has 0 N–H and O–H groups in total. The van der Waals surface area contributed by atoms with E-state index in [2.05, 4.69) is 121 Å². The average Bonchev–Trinajstić information content (AvgIpc) is 3.68. The third-order valence-corrected chi connectivity index (χ3v) is 12.5. The first-order valence-electron chi connectivity index (χ1n) is 17.0. The van der Waals surface area contributed by atoms with Crippen molar-refractivity contribution in [3.8, 4) is 11.4 Å². The second-order valence-corrected chi connectivity index (χ2v) is 24.6. The van der Waals surface area contributed by atoms with Crippen molar-refractivity contribution in [2.24, 2.45) is 0 Å². The summed E-state index contributed by atoms with van der Waals surface area (Å²) in [6, 6.07) is 41.7. The minimum Gasteiger partial charge on any atom is -0.288 e. The molecule has 0 bridgehead atoms. The van der Waals surface area contributed by atoms with E-state index in [0.29, 0.717) is 12.8 Å². The minimum atomic E-state index is -2.13. The molecule has 5 nitrogen and oxygen atoms in total. The number of ketones is 1. The Kier molecular flexibility index (Phi) is 9.62. The number of rotatable bonds is 12. The first-order valence-corrected chi connectivity index (χ1v) is 24.0. The zero-order chi connectivity index (χ0) is 33.9. The lowest BCUT2D eigenvalue weighted by Gasteiger charge is -2.23. The number of nitrogens with zero attached hydrogens (tertiary/aromatic N) is 4. The van der Waals surface area contributed by atoms with Crippen LogP contribution in [0.25, 0.3) is 11.4 Å². The highest BCUT2D eigenvalue weighted by Gasteiger charge is 2.39. The lowest BCUT2D eigenvalue weighted by molar-refractivity contribution is 0.103. The fraction of sp³-hybridized carbons (Fsp3) is 0.244. The van der Waals surface area contributed by atoms with E-state index < -0.39 is 16.1 Å². The van der Waals surface area contributed by atoms with Gasteiger partial charge >= 0.3 is 0 Å². The first kappa shape index (κ1) is 33.3. The molecular weight excluding hydrogens is 621 g/mol. The maximum absolute atomic E-state index is 15.7. The summed E-state index contributed by atoms with van der Waals surface area (Å²) in [4.78, 5) is 15.7.